The molecule has 1 saturated carbocycles. The van der Waals surface area contributed by atoms with Crippen molar-refractivity contribution in [1.82, 2.24) is 0 Å². The minimum atomic E-state index is -1.70. The Balaban J connectivity index is 1.05. The van der Waals surface area contributed by atoms with Crippen molar-refractivity contribution in [2.75, 3.05) is 15.6 Å². The molecule has 1 spiro atoms. The van der Waals surface area contributed by atoms with Crippen LogP contribution in [-0.4, -0.2) is 5.75 Å². The molecule has 3 heterocycles. The first kappa shape index (κ1) is 57.4. The molecular weight excluding hydrogens is 1080 g/mol. The van der Waals surface area contributed by atoms with Crippen LogP contribution in [0.25, 0.3) is 11.1 Å². The molecule has 15 rings (SSSR count). The lowest BCUT2D eigenvalue weighted by atomic mass is 9.54. The SMILES string of the molecule is CC(C)(C)c1ccc(C(c2ccc(C(C)(C)C)cc2)c2cc3c4c(c2)N(c2ccc5c(c2)-c2ccccc2C5(C)C)c2ccc(N(c5ccc(C(C)(C)C)cc5)c5ccc(C(C)(C)C)cc5)cc2S42CC2c2cccc4c2C3C2(C)CCCCC42C)cc1. The third-order valence-corrected chi connectivity index (χ3v) is 27.0. The summed E-state index contributed by atoms with van der Waals surface area (Å²) in [5.74, 6) is 1.41. The van der Waals surface area contributed by atoms with Crippen LogP contribution in [0.15, 0.2) is 198 Å². The average molecular weight is 1170 g/mol. The predicted octanol–water partition coefficient (Wildman–Crippen LogP) is 23.9. The molecule has 0 radical (unpaired) electrons. The first-order valence-electron chi connectivity index (χ1n) is 33.1. The molecule has 5 unspecified atom stereocenters. The maximum Gasteiger partial charge on any atom is 0.0592 e. The van der Waals surface area contributed by atoms with Crippen LogP contribution < -0.4 is 9.80 Å². The summed E-state index contributed by atoms with van der Waals surface area (Å²) in [5.41, 5.74) is 29.2. The minimum absolute atomic E-state index is 0.00308. The van der Waals surface area contributed by atoms with E-state index in [0.717, 1.165) is 5.75 Å². The maximum atomic E-state index is 2.83. The van der Waals surface area contributed by atoms with Crippen molar-refractivity contribution < 1.29 is 0 Å². The third-order valence-electron chi connectivity index (χ3n) is 22.9. The van der Waals surface area contributed by atoms with Gasteiger partial charge in [0.05, 0.1) is 11.4 Å². The Labute approximate surface area is 529 Å². The highest BCUT2D eigenvalue weighted by atomic mass is 32.3. The van der Waals surface area contributed by atoms with Gasteiger partial charge in [-0.1, -0.05) is 251 Å². The second-order valence-electron chi connectivity index (χ2n) is 32.6. The zero-order chi connectivity index (χ0) is 61.6. The van der Waals surface area contributed by atoms with E-state index in [2.05, 4.69) is 309 Å². The van der Waals surface area contributed by atoms with E-state index in [0.29, 0.717) is 5.25 Å². The lowest BCUT2D eigenvalue weighted by molar-refractivity contribution is 0.0915. The normalized spacial score (nSPS) is 23.4. The summed E-state index contributed by atoms with van der Waals surface area (Å²) in [6.07, 6.45) is 5.01. The van der Waals surface area contributed by atoms with Crippen molar-refractivity contribution in [1.29, 1.82) is 0 Å². The molecule has 6 aliphatic rings. The monoisotopic (exact) mass is 1170 g/mol. The fourth-order valence-corrected chi connectivity index (χ4v) is 22.3. The van der Waals surface area contributed by atoms with E-state index in [-0.39, 0.29) is 49.7 Å². The van der Waals surface area contributed by atoms with Crippen LogP contribution in [0.4, 0.5) is 34.1 Å². The molecular formula is C85H92N2S. The highest BCUT2D eigenvalue weighted by Gasteiger charge is 2.67. The summed E-state index contributed by atoms with van der Waals surface area (Å²) in [6.45, 7) is 38.3. The van der Waals surface area contributed by atoms with Gasteiger partial charge in [-0.3, -0.25) is 0 Å². The van der Waals surface area contributed by atoms with E-state index >= 15 is 0 Å². The van der Waals surface area contributed by atoms with E-state index in [9.17, 15) is 0 Å². The highest BCUT2D eigenvalue weighted by molar-refractivity contribution is 8.40. The summed E-state index contributed by atoms with van der Waals surface area (Å²) in [4.78, 5) is 8.53. The van der Waals surface area contributed by atoms with Gasteiger partial charge in [0.25, 0.3) is 0 Å². The molecule has 3 heteroatoms. The van der Waals surface area contributed by atoms with Gasteiger partial charge in [0.1, 0.15) is 0 Å². The molecule has 1 saturated heterocycles. The Hall–Kier alpha value is -7.07. The molecule has 448 valence electrons. The molecule has 0 aromatic heterocycles. The minimum Gasteiger partial charge on any atom is -0.310 e. The van der Waals surface area contributed by atoms with Crippen molar-refractivity contribution in [3.05, 3.63) is 260 Å². The van der Waals surface area contributed by atoms with Gasteiger partial charge in [0.2, 0.25) is 0 Å². The van der Waals surface area contributed by atoms with Gasteiger partial charge in [-0.2, -0.15) is 10.0 Å². The van der Waals surface area contributed by atoms with E-state index < -0.39 is 10.0 Å². The molecule has 0 N–H and O–H groups in total. The van der Waals surface area contributed by atoms with Crippen LogP contribution in [0.3, 0.4) is 0 Å². The van der Waals surface area contributed by atoms with E-state index in [1.807, 2.05) is 0 Å². The van der Waals surface area contributed by atoms with Gasteiger partial charge in [-0.05, 0) is 189 Å². The lowest BCUT2D eigenvalue weighted by Gasteiger charge is -2.50. The Kier molecular flexibility index (Phi) is 12.5. The summed E-state index contributed by atoms with van der Waals surface area (Å²) in [5, 5.41) is 0.406. The first-order valence-corrected chi connectivity index (χ1v) is 35.0. The molecule has 0 amide bonds. The van der Waals surface area contributed by atoms with E-state index in [1.165, 1.54) is 126 Å². The van der Waals surface area contributed by atoms with Crippen LogP contribution >= 0.6 is 10.0 Å². The van der Waals surface area contributed by atoms with Crippen molar-refractivity contribution in [2.45, 2.75) is 196 Å². The molecule has 2 nitrogen and oxygen atoms in total. The number of benzene rings is 9. The Bertz CT molecular complexity index is 4170. The van der Waals surface area contributed by atoms with Gasteiger partial charge in [0.15, 0.2) is 0 Å². The number of fused-ring (bicyclic) bond motifs is 9. The molecule has 9 aromatic rings. The molecule has 0 bridgehead atoms. The lowest BCUT2D eigenvalue weighted by Crippen LogP contribution is -2.43. The predicted molar refractivity (Wildman–Crippen MR) is 376 cm³/mol. The smallest absolute Gasteiger partial charge is 0.0592 e. The number of rotatable bonds is 7. The quantitative estimate of drug-likeness (QED) is 0.116. The average Bonchev–Trinajstić information content (AvgIpc) is 1.47. The molecule has 3 aliphatic heterocycles. The largest absolute Gasteiger partial charge is 0.310 e. The second kappa shape index (κ2) is 19.2. The summed E-state index contributed by atoms with van der Waals surface area (Å²) < 4.78 is 0. The van der Waals surface area contributed by atoms with Crippen molar-refractivity contribution >= 4 is 44.2 Å². The first-order chi connectivity index (χ1) is 41.6. The van der Waals surface area contributed by atoms with Crippen molar-refractivity contribution in [3.8, 4) is 11.1 Å². The van der Waals surface area contributed by atoms with Crippen LogP contribution in [-0.2, 0) is 32.5 Å². The standard InChI is InChI=1S/C85H92N2S/c1-79(2,3)56-30-26-53(27-31-56)75(54-28-32-57(33-29-54)80(4,5)6)55-48-67-77-76-65(23-21-25-70(76)84(15)46-19-20-47-85(77,84)16)74-52-88(74)73-51-63(86(60-38-34-58(35-39-60)81(7,8)9)61-40-36-59(37-41-61)82(10,11)12)43-45-71(73)87(72(49-55)78(67)88)62-42-44-69-66(50-62)64-22-17-18-24-68(64)83(69,13)14/h17-18,21-45,48-51,74-75,77H,19-20,46-47,52H2,1-16H3. The van der Waals surface area contributed by atoms with Gasteiger partial charge in [-0.25, -0.2) is 0 Å². The molecule has 2 fully saturated rings. The molecule has 9 aromatic carbocycles. The highest BCUT2D eigenvalue weighted by Crippen LogP contribution is 2.93. The Morgan fingerprint density at radius 1 is 0.455 bits per heavy atom. The van der Waals surface area contributed by atoms with Crippen molar-refractivity contribution in [2.24, 2.45) is 5.41 Å². The topological polar surface area (TPSA) is 6.48 Å². The summed E-state index contributed by atoms with van der Waals surface area (Å²) in [7, 11) is -1.70. The van der Waals surface area contributed by atoms with Gasteiger partial charge in [0, 0.05) is 60.8 Å². The summed E-state index contributed by atoms with van der Waals surface area (Å²) in [6, 6.07) is 76.3. The fraction of sp³-hybridized carbons (Fsp3) is 0.365. The van der Waals surface area contributed by atoms with Crippen LogP contribution in [0.1, 0.15) is 226 Å². The number of anilines is 6. The number of hydrogen-bond donors (Lipinski definition) is 0. The second-order valence-corrected chi connectivity index (χ2v) is 35.9. The maximum absolute atomic E-state index is 2.83. The van der Waals surface area contributed by atoms with Crippen LogP contribution in [0.5, 0.6) is 0 Å². The van der Waals surface area contributed by atoms with E-state index in [1.54, 1.807) is 27.1 Å². The van der Waals surface area contributed by atoms with Crippen molar-refractivity contribution in [3.63, 3.8) is 0 Å². The van der Waals surface area contributed by atoms with Crippen LogP contribution in [0, 0.1) is 5.41 Å². The Morgan fingerprint density at radius 3 is 1.56 bits per heavy atom. The zero-order valence-electron chi connectivity index (χ0n) is 55.5. The molecule has 5 atom stereocenters. The third kappa shape index (κ3) is 8.40. The Morgan fingerprint density at radius 2 is 0.977 bits per heavy atom. The number of hydrogen-bond acceptors (Lipinski definition) is 2. The van der Waals surface area contributed by atoms with Gasteiger partial charge >= 0.3 is 0 Å². The zero-order valence-corrected chi connectivity index (χ0v) is 56.3. The van der Waals surface area contributed by atoms with Crippen LogP contribution in [0.2, 0.25) is 0 Å². The molecule has 88 heavy (non-hydrogen) atoms. The van der Waals surface area contributed by atoms with E-state index in [4.69, 9.17) is 0 Å². The molecule has 3 aliphatic carbocycles. The van der Waals surface area contributed by atoms with Gasteiger partial charge in [-0.15, -0.1) is 0 Å². The summed E-state index contributed by atoms with van der Waals surface area (Å²) >= 11 is 0. The number of nitrogens with zero attached hydrogens (tertiary/aromatic N) is 2. The fourth-order valence-electron chi connectivity index (χ4n) is 17.6. The van der Waals surface area contributed by atoms with Gasteiger partial charge < -0.3 is 9.80 Å².